The van der Waals surface area contributed by atoms with Crippen LogP contribution in [0.5, 0.6) is 0 Å². The molecule has 0 radical (unpaired) electrons. The Balaban J connectivity index is 1.35. The quantitative estimate of drug-likeness (QED) is 0.437. The van der Waals surface area contributed by atoms with E-state index in [2.05, 4.69) is 11.9 Å². The summed E-state index contributed by atoms with van der Waals surface area (Å²) in [6.07, 6.45) is 12.9. The molecule has 1 aromatic rings. The van der Waals surface area contributed by atoms with Crippen LogP contribution in [0, 0.1) is 28.6 Å². The molecule has 0 bridgehead atoms. The summed E-state index contributed by atoms with van der Waals surface area (Å²) in [4.78, 5) is 20.9. The SMILES string of the molecule is C[C@]12CC[C@H]3C(CCC4(O)CC(O)CC[C@]34C=NCc3cccnc3)C1(O)CCC2C1=CC(=O)OC1. The Morgan fingerprint density at radius 2 is 1.97 bits per heavy atom. The molecule has 4 saturated carbocycles. The highest BCUT2D eigenvalue weighted by Crippen LogP contribution is 2.70. The first kappa shape index (κ1) is 24.3. The van der Waals surface area contributed by atoms with Gasteiger partial charge in [0.15, 0.2) is 0 Å². The Hall–Kier alpha value is -2.09. The summed E-state index contributed by atoms with van der Waals surface area (Å²) >= 11 is 0. The van der Waals surface area contributed by atoms with Crippen LogP contribution in [0.4, 0.5) is 0 Å². The van der Waals surface area contributed by atoms with E-state index in [4.69, 9.17) is 9.73 Å². The molecular weight excluding hydrogens is 456 g/mol. The lowest BCUT2D eigenvalue weighted by Crippen LogP contribution is -2.68. The lowest BCUT2D eigenvalue weighted by molar-refractivity contribution is -0.237. The molecule has 0 amide bonds. The van der Waals surface area contributed by atoms with E-state index in [1.54, 1.807) is 12.3 Å². The van der Waals surface area contributed by atoms with Crippen molar-refractivity contribution in [1.29, 1.82) is 0 Å². The molecule has 1 aliphatic heterocycles. The number of rotatable bonds is 4. The van der Waals surface area contributed by atoms with Crippen LogP contribution in [0.25, 0.3) is 0 Å². The van der Waals surface area contributed by atoms with Crippen LogP contribution in [-0.2, 0) is 16.1 Å². The standard InChI is InChI=1S/C29H38N2O5/c1-26-8-5-23-24(29(26,35)11-7-22(26)20-13-25(33)36-17-20)6-10-28(34)14-21(32)4-9-27(23,28)18-31-16-19-3-2-12-30-15-19/h2-3,12-13,15,18,21-24,32,34-35H,4-11,14,16-17H2,1H3/t21?,22?,23-,24?,26+,27-,28?,29?/m0/s1. The third-order valence-electron chi connectivity index (χ3n) is 11.0. The van der Waals surface area contributed by atoms with Crippen molar-refractivity contribution < 1.29 is 24.9 Å². The molecule has 7 heteroatoms. The van der Waals surface area contributed by atoms with E-state index in [0.717, 1.165) is 36.8 Å². The molecule has 4 aliphatic carbocycles. The summed E-state index contributed by atoms with van der Waals surface area (Å²) in [6.45, 7) is 3.04. The Morgan fingerprint density at radius 1 is 1.14 bits per heavy atom. The van der Waals surface area contributed by atoms with Crippen molar-refractivity contribution in [2.75, 3.05) is 6.61 Å². The molecule has 4 fully saturated rings. The summed E-state index contributed by atoms with van der Waals surface area (Å²) in [5.74, 6) is -0.00187. The van der Waals surface area contributed by atoms with Crippen LogP contribution in [0.3, 0.4) is 0 Å². The molecule has 3 N–H and O–H groups in total. The summed E-state index contributed by atoms with van der Waals surface area (Å²) in [7, 11) is 0. The van der Waals surface area contributed by atoms with E-state index in [1.807, 2.05) is 24.5 Å². The number of aliphatic imine (C=N–C) groups is 1. The third kappa shape index (κ3) is 3.38. The minimum atomic E-state index is -1.03. The summed E-state index contributed by atoms with van der Waals surface area (Å²) < 4.78 is 5.24. The van der Waals surface area contributed by atoms with Crippen molar-refractivity contribution in [3.05, 3.63) is 41.7 Å². The Kier molecular flexibility index (Phi) is 5.71. The number of fused-ring (bicyclic) bond motifs is 5. The van der Waals surface area contributed by atoms with Crippen molar-refractivity contribution in [2.45, 2.75) is 88.6 Å². The fraction of sp³-hybridized carbons (Fsp3) is 0.690. The number of carbonyl (C=O) groups is 1. The van der Waals surface area contributed by atoms with Crippen molar-refractivity contribution in [3.8, 4) is 0 Å². The minimum absolute atomic E-state index is 0.0419. The van der Waals surface area contributed by atoms with Crippen LogP contribution >= 0.6 is 0 Å². The Bertz CT molecular complexity index is 1090. The van der Waals surface area contributed by atoms with Gasteiger partial charge in [-0.2, -0.15) is 0 Å². The van der Waals surface area contributed by atoms with Gasteiger partial charge < -0.3 is 20.1 Å². The fourth-order valence-corrected chi connectivity index (χ4v) is 9.17. The number of hydrogen-bond donors (Lipinski definition) is 3. The van der Waals surface area contributed by atoms with Crippen molar-refractivity contribution in [3.63, 3.8) is 0 Å². The lowest BCUT2D eigenvalue weighted by atomic mass is 9.41. The van der Waals surface area contributed by atoms with E-state index in [-0.39, 0.29) is 29.1 Å². The number of nitrogens with zero attached hydrogens (tertiary/aromatic N) is 2. The molecule has 6 rings (SSSR count). The predicted octanol–water partition coefficient (Wildman–Crippen LogP) is 3.37. The Morgan fingerprint density at radius 3 is 2.72 bits per heavy atom. The predicted molar refractivity (Wildman–Crippen MR) is 134 cm³/mol. The van der Waals surface area contributed by atoms with Gasteiger partial charge in [-0.05, 0) is 86.3 Å². The van der Waals surface area contributed by atoms with Gasteiger partial charge in [-0.15, -0.1) is 0 Å². The summed E-state index contributed by atoms with van der Waals surface area (Å²) in [5.41, 5.74) is -0.747. The number of pyridine rings is 1. The topological polar surface area (TPSA) is 112 Å². The molecule has 0 spiro atoms. The minimum Gasteiger partial charge on any atom is -0.458 e. The second kappa shape index (κ2) is 8.47. The maximum Gasteiger partial charge on any atom is 0.331 e. The first-order valence-corrected chi connectivity index (χ1v) is 13.6. The van der Waals surface area contributed by atoms with Crippen molar-refractivity contribution in [2.24, 2.45) is 33.6 Å². The zero-order valence-electron chi connectivity index (χ0n) is 21.1. The van der Waals surface area contributed by atoms with Crippen LogP contribution in [0.15, 0.2) is 41.2 Å². The van der Waals surface area contributed by atoms with Gasteiger partial charge in [-0.1, -0.05) is 13.0 Å². The molecule has 5 aliphatic rings. The van der Waals surface area contributed by atoms with E-state index in [9.17, 15) is 20.1 Å². The average molecular weight is 495 g/mol. The number of cyclic esters (lactones) is 1. The van der Waals surface area contributed by atoms with Gasteiger partial charge in [0.05, 0.1) is 23.9 Å². The van der Waals surface area contributed by atoms with E-state index >= 15 is 0 Å². The molecule has 8 atom stereocenters. The first-order chi connectivity index (χ1) is 17.2. The smallest absolute Gasteiger partial charge is 0.331 e. The van der Waals surface area contributed by atoms with Crippen LogP contribution in [0.1, 0.15) is 70.3 Å². The highest BCUT2D eigenvalue weighted by atomic mass is 16.5. The highest BCUT2D eigenvalue weighted by molar-refractivity contribution is 5.85. The number of hydrogen-bond acceptors (Lipinski definition) is 7. The molecule has 0 saturated heterocycles. The number of ether oxygens (including phenoxy) is 1. The zero-order chi connectivity index (χ0) is 25.2. The van der Waals surface area contributed by atoms with E-state index < -0.39 is 22.7 Å². The molecule has 5 unspecified atom stereocenters. The maximum absolute atomic E-state index is 12.5. The zero-order valence-corrected chi connectivity index (χ0v) is 21.1. The molecule has 36 heavy (non-hydrogen) atoms. The highest BCUT2D eigenvalue weighted by Gasteiger charge is 2.71. The second-order valence-electron chi connectivity index (χ2n) is 12.3. The number of esters is 1. The van der Waals surface area contributed by atoms with E-state index in [1.165, 1.54) is 0 Å². The lowest BCUT2D eigenvalue weighted by Gasteiger charge is -2.65. The maximum atomic E-state index is 12.5. The molecule has 1 aromatic heterocycles. The number of aliphatic hydroxyl groups excluding tert-OH is 1. The van der Waals surface area contributed by atoms with Gasteiger partial charge in [0.1, 0.15) is 6.61 Å². The number of carbonyl (C=O) groups excluding carboxylic acids is 1. The number of aliphatic hydroxyl groups is 3. The fourth-order valence-electron chi connectivity index (χ4n) is 9.17. The van der Waals surface area contributed by atoms with Gasteiger partial charge in [0.25, 0.3) is 0 Å². The normalized spacial score (nSPS) is 46.1. The summed E-state index contributed by atoms with van der Waals surface area (Å²) in [5, 5.41) is 35.1. The van der Waals surface area contributed by atoms with Crippen molar-refractivity contribution in [1.82, 2.24) is 4.98 Å². The van der Waals surface area contributed by atoms with Crippen LogP contribution in [0.2, 0.25) is 0 Å². The summed E-state index contributed by atoms with van der Waals surface area (Å²) in [6, 6.07) is 3.90. The van der Waals surface area contributed by atoms with Gasteiger partial charge in [0.2, 0.25) is 0 Å². The second-order valence-corrected chi connectivity index (χ2v) is 12.3. The van der Waals surface area contributed by atoms with Gasteiger partial charge in [-0.25, -0.2) is 4.79 Å². The average Bonchev–Trinajstić information content (AvgIpc) is 3.40. The molecule has 7 nitrogen and oxygen atoms in total. The molecular formula is C29H38N2O5. The van der Waals surface area contributed by atoms with Gasteiger partial charge in [0, 0.05) is 41.9 Å². The van der Waals surface area contributed by atoms with E-state index in [0.29, 0.717) is 45.3 Å². The van der Waals surface area contributed by atoms with Crippen LogP contribution in [-0.4, -0.2) is 56.4 Å². The van der Waals surface area contributed by atoms with Crippen molar-refractivity contribution >= 4 is 12.2 Å². The first-order valence-electron chi connectivity index (χ1n) is 13.6. The third-order valence-corrected chi connectivity index (χ3v) is 11.0. The molecule has 194 valence electrons. The molecule has 0 aromatic carbocycles. The molecule has 2 heterocycles. The number of aromatic nitrogens is 1. The Labute approximate surface area is 212 Å². The largest absolute Gasteiger partial charge is 0.458 e. The van der Waals surface area contributed by atoms with Gasteiger partial charge in [-0.3, -0.25) is 9.98 Å². The monoisotopic (exact) mass is 494 g/mol. The van der Waals surface area contributed by atoms with Gasteiger partial charge >= 0.3 is 5.97 Å². The van der Waals surface area contributed by atoms with Crippen LogP contribution < -0.4 is 0 Å².